The van der Waals surface area contributed by atoms with E-state index >= 15 is 0 Å². The molecule has 132 valence electrons. The zero-order valence-electron chi connectivity index (χ0n) is 14.3. The largest absolute Gasteiger partial charge is 0.494 e. The van der Waals surface area contributed by atoms with E-state index < -0.39 is 17.8 Å². The zero-order valence-corrected chi connectivity index (χ0v) is 14.3. The van der Waals surface area contributed by atoms with Crippen molar-refractivity contribution < 1.29 is 13.9 Å². The third-order valence-electron chi connectivity index (χ3n) is 4.61. The van der Waals surface area contributed by atoms with Gasteiger partial charge in [-0.3, -0.25) is 9.59 Å². The maximum Gasteiger partial charge on any atom is 0.261 e. The van der Waals surface area contributed by atoms with Crippen molar-refractivity contribution in [2.45, 2.75) is 38.6 Å². The van der Waals surface area contributed by atoms with Gasteiger partial charge in [-0.1, -0.05) is 6.07 Å². The summed E-state index contributed by atoms with van der Waals surface area (Å²) in [5.74, 6) is -0.806. The van der Waals surface area contributed by atoms with E-state index in [4.69, 9.17) is 4.74 Å². The van der Waals surface area contributed by atoms with Gasteiger partial charge in [-0.2, -0.15) is 0 Å². The molecule has 0 bridgehead atoms. The lowest BCUT2D eigenvalue weighted by molar-refractivity contribution is 0.0938. The number of aryl methyl sites for hydroxylation is 2. The van der Waals surface area contributed by atoms with E-state index in [0.29, 0.717) is 5.56 Å². The van der Waals surface area contributed by atoms with Gasteiger partial charge in [0.05, 0.1) is 13.2 Å². The van der Waals surface area contributed by atoms with Crippen molar-refractivity contribution in [1.29, 1.82) is 0 Å². The molecule has 0 saturated heterocycles. The Morgan fingerprint density at radius 2 is 2.04 bits per heavy atom. The number of hydrogen-bond acceptors (Lipinski definition) is 3. The van der Waals surface area contributed by atoms with Gasteiger partial charge in [0.15, 0.2) is 11.6 Å². The molecule has 3 rings (SSSR count). The Kier molecular flexibility index (Phi) is 4.88. The lowest BCUT2D eigenvalue weighted by Crippen LogP contribution is -2.32. The Balaban J connectivity index is 1.80. The molecular weight excluding hydrogens is 323 g/mol. The minimum atomic E-state index is -0.493. The average Bonchev–Trinajstić information content (AvgIpc) is 2.60. The number of amides is 1. The summed E-state index contributed by atoms with van der Waals surface area (Å²) in [7, 11) is 1.39. The highest BCUT2D eigenvalue weighted by atomic mass is 19.1. The van der Waals surface area contributed by atoms with Crippen LogP contribution in [0.1, 0.15) is 53.0 Å². The van der Waals surface area contributed by atoms with Gasteiger partial charge in [-0.15, -0.1) is 0 Å². The standard InChI is InChI=1S/C19H21FN2O3/c1-11(12-7-8-17(25-2)15(20)10-12)21-18(23)14-9-13-5-3-4-6-16(13)22-19(14)24/h7-11H,3-6H2,1-2H3,(H,21,23)(H,22,24)/t11-/m0/s1. The number of aromatic nitrogens is 1. The van der Waals surface area contributed by atoms with Gasteiger partial charge in [-0.25, -0.2) is 4.39 Å². The highest BCUT2D eigenvalue weighted by Crippen LogP contribution is 2.22. The van der Waals surface area contributed by atoms with Gasteiger partial charge in [-0.05, 0) is 61.9 Å². The Bertz CT molecular complexity index is 860. The molecule has 1 aliphatic carbocycles. The smallest absolute Gasteiger partial charge is 0.261 e. The molecule has 0 fully saturated rings. The van der Waals surface area contributed by atoms with Gasteiger partial charge in [0.1, 0.15) is 5.56 Å². The topological polar surface area (TPSA) is 71.2 Å². The van der Waals surface area contributed by atoms with Crippen LogP contribution in [0.4, 0.5) is 4.39 Å². The molecule has 0 unspecified atom stereocenters. The van der Waals surface area contributed by atoms with E-state index in [1.807, 2.05) is 0 Å². The quantitative estimate of drug-likeness (QED) is 0.896. The number of pyridine rings is 1. The summed E-state index contributed by atoms with van der Waals surface area (Å²) in [5.41, 5.74) is 2.27. The zero-order chi connectivity index (χ0) is 18.0. The Hall–Kier alpha value is -2.63. The molecular formula is C19H21FN2O3. The number of carbonyl (C=O) groups is 1. The molecule has 2 N–H and O–H groups in total. The monoisotopic (exact) mass is 344 g/mol. The number of benzene rings is 1. The second-order valence-electron chi connectivity index (χ2n) is 6.31. The molecule has 1 amide bonds. The molecule has 2 aromatic rings. The van der Waals surface area contributed by atoms with Gasteiger partial charge in [0.2, 0.25) is 0 Å². The lowest BCUT2D eigenvalue weighted by atomic mass is 9.95. The van der Waals surface area contributed by atoms with Crippen molar-refractivity contribution in [2.75, 3.05) is 7.11 Å². The number of rotatable bonds is 4. The first kappa shape index (κ1) is 17.2. The molecule has 1 atom stereocenters. The molecule has 1 aromatic heterocycles. The van der Waals surface area contributed by atoms with E-state index in [2.05, 4.69) is 10.3 Å². The van der Waals surface area contributed by atoms with E-state index in [1.165, 1.54) is 19.2 Å². The van der Waals surface area contributed by atoms with Crippen molar-refractivity contribution in [2.24, 2.45) is 0 Å². The number of ether oxygens (including phenoxy) is 1. The lowest BCUT2D eigenvalue weighted by Gasteiger charge is -2.18. The van der Waals surface area contributed by atoms with Gasteiger partial charge < -0.3 is 15.0 Å². The molecule has 0 saturated carbocycles. The predicted molar refractivity (Wildman–Crippen MR) is 92.5 cm³/mol. The maximum atomic E-state index is 13.8. The van der Waals surface area contributed by atoms with Gasteiger partial charge >= 0.3 is 0 Å². The number of halogens is 1. The maximum absolute atomic E-state index is 13.8. The normalized spacial score (nSPS) is 14.5. The Morgan fingerprint density at radius 3 is 2.76 bits per heavy atom. The van der Waals surface area contributed by atoms with E-state index in [1.54, 1.807) is 19.1 Å². The first-order valence-electron chi connectivity index (χ1n) is 8.39. The predicted octanol–water partition coefficient (Wildman–Crippen LogP) is 2.89. The number of fused-ring (bicyclic) bond motifs is 1. The second-order valence-corrected chi connectivity index (χ2v) is 6.31. The summed E-state index contributed by atoms with van der Waals surface area (Å²) in [4.78, 5) is 27.5. The van der Waals surface area contributed by atoms with Crippen molar-refractivity contribution in [3.8, 4) is 5.75 Å². The molecule has 5 nitrogen and oxygen atoms in total. The summed E-state index contributed by atoms with van der Waals surface area (Å²) in [6.07, 6.45) is 3.82. The van der Waals surface area contributed by atoms with Crippen molar-refractivity contribution in [1.82, 2.24) is 10.3 Å². The molecule has 0 aliphatic heterocycles. The fourth-order valence-electron chi connectivity index (χ4n) is 3.15. The number of hydrogen-bond donors (Lipinski definition) is 2. The summed E-state index contributed by atoms with van der Waals surface area (Å²) in [6, 6.07) is 5.76. The van der Waals surface area contributed by atoms with Gasteiger partial charge in [0.25, 0.3) is 11.5 Å². The molecule has 1 heterocycles. The summed E-state index contributed by atoms with van der Waals surface area (Å²) >= 11 is 0. The molecule has 0 spiro atoms. The van der Waals surface area contributed by atoms with Crippen molar-refractivity contribution in [3.63, 3.8) is 0 Å². The number of methoxy groups -OCH3 is 1. The van der Waals surface area contributed by atoms with Crippen LogP contribution >= 0.6 is 0 Å². The number of carbonyl (C=O) groups excluding carboxylic acids is 1. The van der Waals surface area contributed by atoms with Gasteiger partial charge in [0, 0.05) is 5.69 Å². The summed E-state index contributed by atoms with van der Waals surface area (Å²) in [5, 5.41) is 2.76. The van der Waals surface area contributed by atoms with Crippen LogP contribution in [-0.2, 0) is 12.8 Å². The molecule has 1 aromatic carbocycles. The minimum absolute atomic E-state index is 0.0986. The van der Waals surface area contributed by atoms with Crippen LogP contribution in [0.25, 0.3) is 0 Å². The van der Waals surface area contributed by atoms with Crippen LogP contribution in [0.2, 0.25) is 0 Å². The van der Waals surface area contributed by atoms with Crippen molar-refractivity contribution in [3.05, 3.63) is 62.8 Å². The van der Waals surface area contributed by atoms with Crippen LogP contribution in [0.3, 0.4) is 0 Å². The molecule has 1 aliphatic rings. The van der Waals surface area contributed by atoms with E-state index in [-0.39, 0.29) is 16.9 Å². The molecule has 0 radical (unpaired) electrons. The summed E-state index contributed by atoms with van der Waals surface area (Å²) < 4.78 is 18.7. The van der Waals surface area contributed by atoms with E-state index in [9.17, 15) is 14.0 Å². The third-order valence-corrected chi connectivity index (χ3v) is 4.61. The van der Waals surface area contributed by atoms with Crippen LogP contribution in [-0.4, -0.2) is 18.0 Å². The fourth-order valence-corrected chi connectivity index (χ4v) is 3.15. The first-order chi connectivity index (χ1) is 12.0. The van der Waals surface area contributed by atoms with Crippen LogP contribution < -0.4 is 15.6 Å². The van der Waals surface area contributed by atoms with E-state index in [0.717, 1.165) is 36.9 Å². The first-order valence-corrected chi connectivity index (χ1v) is 8.39. The number of aromatic amines is 1. The average molecular weight is 344 g/mol. The van der Waals surface area contributed by atoms with Crippen LogP contribution in [0.15, 0.2) is 29.1 Å². The molecule has 6 heteroatoms. The fraction of sp³-hybridized carbons (Fsp3) is 0.368. The Morgan fingerprint density at radius 1 is 1.28 bits per heavy atom. The van der Waals surface area contributed by atoms with Crippen LogP contribution in [0, 0.1) is 5.82 Å². The summed E-state index contributed by atoms with van der Waals surface area (Å²) in [6.45, 7) is 1.74. The molecule has 25 heavy (non-hydrogen) atoms. The Labute approximate surface area is 145 Å². The third kappa shape index (κ3) is 3.57. The highest BCUT2D eigenvalue weighted by molar-refractivity contribution is 5.94. The minimum Gasteiger partial charge on any atom is -0.494 e. The number of H-pyrrole nitrogens is 1. The highest BCUT2D eigenvalue weighted by Gasteiger charge is 2.19. The number of nitrogens with one attached hydrogen (secondary N) is 2. The van der Waals surface area contributed by atoms with Crippen LogP contribution in [0.5, 0.6) is 5.75 Å². The second kappa shape index (κ2) is 7.09. The van der Waals surface area contributed by atoms with Crippen molar-refractivity contribution >= 4 is 5.91 Å². The SMILES string of the molecule is COc1ccc([C@H](C)NC(=O)c2cc3c([nH]c2=O)CCCC3)cc1F.